The second-order valence-corrected chi connectivity index (χ2v) is 19.9. The summed E-state index contributed by atoms with van der Waals surface area (Å²) in [4.78, 5) is 13.1. The minimum atomic E-state index is -2.81. The number of hydrogen-bond acceptors (Lipinski definition) is 4. The molecule has 0 bridgehead atoms. The molecule has 0 amide bonds. The van der Waals surface area contributed by atoms with Gasteiger partial charge in [0.1, 0.15) is 5.75 Å². The smallest absolute Gasteiger partial charge is 0.343 e. The van der Waals surface area contributed by atoms with E-state index in [0.29, 0.717) is 11.3 Å². The quantitative estimate of drug-likeness (QED) is 0.0326. The molecule has 0 spiro atoms. The molecule has 7 aromatic carbocycles. The van der Waals surface area contributed by atoms with Crippen molar-refractivity contribution in [3.63, 3.8) is 0 Å². The van der Waals surface area contributed by atoms with Crippen molar-refractivity contribution in [1.29, 1.82) is 0 Å². The molecule has 0 radical (unpaired) electrons. The summed E-state index contributed by atoms with van der Waals surface area (Å²) < 4.78 is 5.81. The first-order valence-electron chi connectivity index (χ1n) is 19.0. The van der Waals surface area contributed by atoms with Gasteiger partial charge in [-0.25, -0.2) is 4.79 Å². The second kappa shape index (κ2) is 17.8. The maximum Gasteiger partial charge on any atom is 0.343 e. The molecule has 0 N–H and O–H groups in total. The summed E-state index contributed by atoms with van der Waals surface area (Å²) in [5, 5.41) is 2.61. The summed E-state index contributed by atoms with van der Waals surface area (Å²) >= 11 is 0. The van der Waals surface area contributed by atoms with E-state index in [1.165, 1.54) is 54.9 Å². The zero-order chi connectivity index (χ0) is 38.9. The molecule has 2 nitrogen and oxygen atoms in total. The lowest BCUT2D eigenvalue weighted by molar-refractivity contribution is 0.0734. The molecule has 1 aliphatic rings. The van der Waals surface area contributed by atoms with Crippen LogP contribution in [0.5, 0.6) is 5.75 Å². The summed E-state index contributed by atoms with van der Waals surface area (Å²) in [7, 11) is 0.841. The molecule has 0 atom stereocenters. The van der Waals surface area contributed by atoms with Gasteiger partial charge >= 0.3 is 5.97 Å². The highest BCUT2D eigenvalue weighted by Gasteiger charge is 2.46. The van der Waals surface area contributed by atoms with Crippen LogP contribution in [-0.2, 0) is 11.5 Å². The van der Waals surface area contributed by atoms with E-state index in [2.05, 4.69) is 164 Å². The van der Waals surface area contributed by atoms with Crippen LogP contribution >= 0.6 is 21.6 Å². The fraction of sp³-hybridized carbons (Fsp3) is 0.0577. The molecular weight excluding hydrogens is 749 g/mol. The molecule has 0 aliphatic carbocycles. The standard InChI is InChI=1S/C52H40O2S2Si/c1-57(36-35-39-29-33-47(34-30-39)54-52(53)46-31-27-41(28-32-46)38-56-55-37-40-17-7-2-8-18-40)50(44-23-13-5-14-24-44)48(42-19-9-3-10-20-42)49(43-21-11-4-12-22-43)51(57)45-25-15-6-16-26-45/h2-34H,37-38H2,1H3. The van der Waals surface area contributed by atoms with Crippen LogP contribution in [0.15, 0.2) is 200 Å². The molecule has 1 aliphatic heterocycles. The van der Waals surface area contributed by atoms with Crippen molar-refractivity contribution in [2.24, 2.45) is 0 Å². The van der Waals surface area contributed by atoms with Gasteiger partial charge in [0.15, 0.2) is 8.07 Å². The number of esters is 1. The largest absolute Gasteiger partial charge is 0.423 e. The van der Waals surface area contributed by atoms with Gasteiger partial charge in [-0.1, -0.05) is 198 Å². The lowest BCUT2D eigenvalue weighted by Gasteiger charge is -2.25. The van der Waals surface area contributed by atoms with Gasteiger partial charge in [0.25, 0.3) is 0 Å². The Morgan fingerprint density at radius 1 is 0.491 bits per heavy atom. The minimum Gasteiger partial charge on any atom is -0.423 e. The Labute approximate surface area is 344 Å². The molecule has 1 heterocycles. The minimum absolute atomic E-state index is 0.380. The molecule has 0 saturated heterocycles. The summed E-state index contributed by atoms with van der Waals surface area (Å²) in [5.74, 6) is 5.55. The number of rotatable bonds is 11. The molecule has 7 aromatic rings. The highest BCUT2D eigenvalue weighted by Crippen LogP contribution is 2.55. The van der Waals surface area contributed by atoms with Crippen LogP contribution in [0.3, 0.4) is 0 Å². The van der Waals surface area contributed by atoms with E-state index in [9.17, 15) is 4.79 Å². The Morgan fingerprint density at radius 2 is 0.895 bits per heavy atom. The van der Waals surface area contributed by atoms with Gasteiger partial charge in [-0.3, -0.25) is 0 Å². The molecule has 8 rings (SSSR count). The first-order chi connectivity index (χ1) is 28.1. The van der Waals surface area contributed by atoms with Crippen LogP contribution < -0.4 is 4.74 Å². The molecule has 0 aromatic heterocycles. The number of hydrogen-bond donors (Lipinski definition) is 0. The van der Waals surface area contributed by atoms with Crippen LogP contribution in [0, 0.1) is 11.5 Å². The maximum atomic E-state index is 13.1. The van der Waals surface area contributed by atoms with E-state index in [1.807, 2.05) is 76.2 Å². The molecule has 5 heteroatoms. The molecule has 57 heavy (non-hydrogen) atoms. The Kier molecular flexibility index (Phi) is 11.8. The van der Waals surface area contributed by atoms with Gasteiger partial charge in [-0.15, -0.1) is 5.54 Å². The third-order valence-electron chi connectivity index (χ3n) is 10.1. The van der Waals surface area contributed by atoms with E-state index < -0.39 is 8.07 Å². The van der Waals surface area contributed by atoms with E-state index in [-0.39, 0.29) is 5.97 Å². The Morgan fingerprint density at radius 3 is 1.35 bits per heavy atom. The van der Waals surface area contributed by atoms with Gasteiger partial charge in [0, 0.05) is 17.1 Å². The van der Waals surface area contributed by atoms with Crippen LogP contribution in [0.4, 0.5) is 0 Å². The second-order valence-electron chi connectivity index (χ2n) is 14.0. The third kappa shape index (κ3) is 8.70. The van der Waals surface area contributed by atoms with Crippen molar-refractivity contribution >= 4 is 57.2 Å². The van der Waals surface area contributed by atoms with Crippen molar-refractivity contribution in [3.8, 4) is 17.2 Å². The summed E-state index contributed by atoms with van der Waals surface area (Å²) in [6, 6.07) is 68.8. The monoisotopic (exact) mass is 788 g/mol. The zero-order valence-corrected chi connectivity index (χ0v) is 34.2. The van der Waals surface area contributed by atoms with E-state index in [0.717, 1.165) is 17.1 Å². The van der Waals surface area contributed by atoms with Crippen molar-refractivity contribution in [2.45, 2.75) is 18.1 Å². The maximum absolute atomic E-state index is 13.1. The average Bonchev–Trinajstić information content (AvgIpc) is 3.55. The van der Waals surface area contributed by atoms with Crippen molar-refractivity contribution in [2.75, 3.05) is 0 Å². The number of carbonyl (C=O) groups excluding carboxylic acids is 1. The lowest BCUT2D eigenvalue weighted by atomic mass is 9.89. The number of benzene rings is 7. The first kappa shape index (κ1) is 37.9. The summed E-state index contributed by atoms with van der Waals surface area (Å²) in [6.07, 6.45) is 0. The van der Waals surface area contributed by atoms with Crippen LogP contribution in [0.1, 0.15) is 49.3 Å². The fourth-order valence-corrected chi connectivity index (χ4v) is 13.4. The Hall–Kier alpha value is -6.03. The molecule has 0 fully saturated rings. The van der Waals surface area contributed by atoms with Crippen molar-refractivity contribution in [3.05, 3.63) is 245 Å². The van der Waals surface area contributed by atoms with E-state index in [1.54, 1.807) is 0 Å². The van der Waals surface area contributed by atoms with Gasteiger partial charge in [-0.05, 0) is 91.3 Å². The topological polar surface area (TPSA) is 26.3 Å². The van der Waals surface area contributed by atoms with Gasteiger partial charge < -0.3 is 4.74 Å². The summed E-state index contributed by atoms with van der Waals surface area (Å²) in [6.45, 7) is 2.40. The summed E-state index contributed by atoms with van der Waals surface area (Å²) in [5.41, 5.74) is 15.0. The predicted octanol–water partition coefficient (Wildman–Crippen LogP) is 13.3. The first-order valence-corrected chi connectivity index (χ1v) is 24.0. The van der Waals surface area contributed by atoms with Crippen LogP contribution in [0.2, 0.25) is 6.55 Å². The average molecular weight is 789 g/mol. The van der Waals surface area contributed by atoms with Gasteiger partial charge in [0.05, 0.1) is 5.56 Å². The number of allylic oxidation sites excluding steroid dienone is 2. The van der Waals surface area contributed by atoms with E-state index in [4.69, 9.17) is 4.74 Å². The SMILES string of the molecule is C[Si]1(C#Cc2ccc(OC(=O)c3ccc(CSSCc4ccccc4)cc3)cc2)C(c2ccccc2)=C(c2ccccc2)C(c2ccccc2)=C1c1ccccc1. The fourth-order valence-electron chi connectivity index (χ4n) is 7.36. The molecule has 276 valence electrons. The lowest BCUT2D eigenvalue weighted by Crippen LogP contribution is -2.31. The van der Waals surface area contributed by atoms with Crippen molar-refractivity contribution in [1.82, 2.24) is 0 Å². The number of ether oxygens (including phenoxy) is 1. The molecule has 0 unspecified atom stereocenters. The third-order valence-corrected chi connectivity index (χ3v) is 16.1. The van der Waals surface area contributed by atoms with Crippen LogP contribution in [-0.4, -0.2) is 14.0 Å². The van der Waals surface area contributed by atoms with E-state index >= 15 is 0 Å². The Balaban J connectivity index is 1.08. The molecule has 0 saturated carbocycles. The predicted molar refractivity (Wildman–Crippen MR) is 245 cm³/mol. The highest BCUT2D eigenvalue weighted by molar-refractivity contribution is 8.76. The van der Waals surface area contributed by atoms with Crippen LogP contribution in [0.25, 0.3) is 21.5 Å². The van der Waals surface area contributed by atoms with Crippen molar-refractivity contribution < 1.29 is 9.53 Å². The normalized spacial score (nSPS) is 13.2. The Bertz CT molecular complexity index is 2480. The highest BCUT2D eigenvalue weighted by atomic mass is 33.1. The number of carbonyl (C=O) groups is 1. The van der Waals surface area contributed by atoms with Gasteiger partial charge in [0.2, 0.25) is 0 Å². The van der Waals surface area contributed by atoms with Gasteiger partial charge in [-0.2, -0.15) is 0 Å². The molecular formula is C52H40O2S2Si. The zero-order valence-electron chi connectivity index (χ0n) is 31.6.